The highest BCUT2D eigenvalue weighted by Gasteiger charge is 2.15. The molecule has 5 heteroatoms. The second kappa shape index (κ2) is 5.70. The molecule has 0 aliphatic carbocycles. The maximum atomic E-state index is 12.7. The van der Waals surface area contributed by atoms with Gasteiger partial charge in [-0.15, -0.1) is 0 Å². The molecule has 24 heavy (non-hydrogen) atoms. The number of fused-ring (bicyclic) bond motifs is 1. The monoisotopic (exact) mass is 316 g/mol. The third kappa shape index (κ3) is 2.46. The van der Waals surface area contributed by atoms with Crippen LogP contribution in [0.5, 0.6) is 0 Å². The van der Waals surface area contributed by atoms with E-state index < -0.39 is 0 Å². The van der Waals surface area contributed by atoms with E-state index in [1.54, 1.807) is 10.9 Å². The molecule has 4 rings (SSSR count). The smallest absolute Gasteiger partial charge is 0.258 e. The predicted molar refractivity (Wildman–Crippen MR) is 94.6 cm³/mol. The number of H-pyrrole nitrogens is 1. The maximum absolute atomic E-state index is 12.7. The molecule has 0 radical (unpaired) electrons. The normalized spacial score (nSPS) is 10.9. The van der Waals surface area contributed by atoms with Gasteiger partial charge in [0.25, 0.3) is 5.91 Å². The molecule has 0 spiro atoms. The van der Waals surface area contributed by atoms with Crippen molar-refractivity contribution in [1.82, 2.24) is 14.8 Å². The Balaban J connectivity index is 1.70. The molecule has 2 N–H and O–H groups in total. The number of amides is 1. The average Bonchev–Trinajstić information content (AvgIpc) is 3.19. The topological polar surface area (TPSA) is 62.7 Å². The number of carbonyl (C=O) groups excluding carboxylic acids is 1. The fraction of sp³-hybridized carbons (Fsp3) is 0.0526. The lowest BCUT2D eigenvalue weighted by Crippen LogP contribution is -2.14. The van der Waals surface area contributed by atoms with Crippen LogP contribution in [0.25, 0.3) is 16.6 Å². The molecule has 1 amide bonds. The standard InChI is InChI=1S/C19H16N4O/c1-13-11-18(23(22-13)14-7-3-2-4-8-14)21-19(24)16-12-20-17-10-6-5-9-15(16)17/h2-12,20H,1H3,(H,21,24). The number of hydrogen-bond donors (Lipinski definition) is 2. The largest absolute Gasteiger partial charge is 0.360 e. The number of nitrogens with zero attached hydrogens (tertiary/aromatic N) is 2. The van der Waals surface area contributed by atoms with Gasteiger partial charge in [-0.05, 0) is 25.1 Å². The summed E-state index contributed by atoms with van der Waals surface area (Å²) in [6, 6.07) is 19.3. The van der Waals surface area contributed by atoms with Crippen molar-refractivity contribution in [2.45, 2.75) is 6.92 Å². The predicted octanol–water partition coefficient (Wildman–Crippen LogP) is 3.91. The molecule has 0 bridgehead atoms. The molecule has 0 saturated heterocycles. The van der Waals surface area contributed by atoms with E-state index in [0.29, 0.717) is 11.4 Å². The Morgan fingerprint density at radius 1 is 1.08 bits per heavy atom. The van der Waals surface area contributed by atoms with Gasteiger partial charge < -0.3 is 10.3 Å². The fourth-order valence-electron chi connectivity index (χ4n) is 2.80. The minimum Gasteiger partial charge on any atom is -0.360 e. The number of aryl methyl sites for hydroxylation is 1. The summed E-state index contributed by atoms with van der Waals surface area (Å²) in [5.41, 5.74) is 3.30. The molecule has 0 unspecified atom stereocenters. The van der Waals surface area contributed by atoms with Gasteiger partial charge >= 0.3 is 0 Å². The van der Waals surface area contributed by atoms with Crippen LogP contribution in [0.4, 0.5) is 5.82 Å². The van der Waals surface area contributed by atoms with Crippen molar-refractivity contribution in [3.05, 3.63) is 78.1 Å². The van der Waals surface area contributed by atoms with E-state index in [0.717, 1.165) is 22.3 Å². The van der Waals surface area contributed by atoms with Gasteiger partial charge in [0.2, 0.25) is 0 Å². The minimum atomic E-state index is -0.162. The van der Waals surface area contributed by atoms with Crippen molar-refractivity contribution in [1.29, 1.82) is 0 Å². The van der Waals surface area contributed by atoms with Gasteiger partial charge in [0.15, 0.2) is 0 Å². The zero-order valence-electron chi connectivity index (χ0n) is 13.2. The molecule has 2 aromatic heterocycles. The highest BCUT2D eigenvalue weighted by atomic mass is 16.1. The van der Waals surface area contributed by atoms with Crippen molar-refractivity contribution in [2.24, 2.45) is 0 Å². The molecular weight excluding hydrogens is 300 g/mol. The number of para-hydroxylation sites is 2. The second-order valence-corrected chi connectivity index (χ2v) is 5.62. The Bertz CT molecular complexity index is 1010. The van der Waals surface area contributed by atoms with Gasteiger partial charge in [-0.25, -0.2) is 4.68 Å². The number of carbonyl (C=O) groups is 1. The molecular formula is C19H16N4O. The first kappa shape index (κ1) is 14.3. The average molecular weight is 316 g/mol. The lowest BCUT2D eigenvalue weighted by atomic mass is 10.1. The fourth-order valence-corrected chi connectivity index (χ4v) is 2.80. The molecule has 0 fully saturated rings. The Labute approximate surface area is 138 Å². The number of aromatic amines is 1. The molecule has 118 valence electrons. The quantitative estimate of drug-likeness (QED) is 0.602. The molecule has 5 nitrogen and oxygen atoms in total. The molecule has 0 aliphatic heterocycles. The molecule has 0 saturated carbocycles. The summed E-state index contributed by atoms with van der Waals surface area (Å²) in [5.74, 6) is 0.485. The van der Waals surface area contributed by atoms with Crippen molar-refractivity contribution >= 4 is 22.6 Å². The van der Waals surface area contributed by atoms with E-state index in [-0.39, 0.29) is 5.91 Å². The van der Waals surface area contributed by atoms with Gasteiger partial charge in [0, 0.05) is 23.2 Å². The van der Waals surface area contributed by atoms with E-state index >= 15 is 0 Å². The second-order valence-electron chi connectivity index (χ2n) is 5.62. The highest BCUT2D eigenvalue weighted by molar-refractivity contribution is 6.12. The Kier molecular flexibility index (Phi) is 3.39. The van der Waals surface area contributed by atoms with Crippen LogP contribution in [0.2, 0.25) is 0 Å². The van der Waals surface area contributed by atoms with Crippen LogP contribution < -0.4 is 5.32 Å². The van der Waals surface area contributed by atoms with Crippen molar-refractivity contribution < 1.29 is 4.79 Å². The van der Waals surface area contributed by atoms with Crippen molar-refractivity contribution in [3.8, 4) is 5.69 Å². The Morgan fingerprint density at radius 3 is 2.67 bits per heavy atom. The number of rotatable bonds is 3. The van der Waals surface area contributed by atoms with E-state index in [4.69, 9.17) is 0 Å². The summed E-state index contributed by atoms with van der Waals surface area (Å²) >= 11 is 0. The van der Waals surface area contributed by atoms with Crippen molar-refractivity contribution in [3.63, 3.8) is 0 Å². The number of nitrogens with one attached hydrogen (secondary N) is 2. The van der Waals surface area contributed by atoms with Gasteiger partial charge in [0.05, 0.1) is 16.9 Å². The highest BCUT2D eigenvalue weighted by Crippen LogP contribution is 2.21. The molecule has 2 aromatic carbocycles. The third-order valence-electron chi connectivity index (χ3n) is 3.91. The lowest BCUT2D eigenvalue weighted by molar-refractivity contribution is 0.102. The number of benzene rings is 2. The third-order valence-corrected chi connectivity index (χ3v) is 3.91. The number of aromatic nitrogens is 3. The molecule has 0 atom stereocenters. The summed E-state index contributed by atoms with van der Waals surface area (Å²) < 4.78 is 1.74. The van der Waals surface area contributed by atoms with Crippen LogP contribution in [0.1, 0.15) is 16.1 Å². The van der Waals surface area contributed by atoms with Crippen LogP contribution in [0, 0.1) is 6.92 Å². The first-order chi connectivity index (χ1) is 11.7. The Morgan fingerprint density at radius 2 is 1.83 bits per heavy atom. The Hall–Kier alpha value is -3.34. The van der Waals surface area contributed by atoms with E-state index in [9.17, 15) is 4.79 Å². The SMILES string of the molecule is Cc1cc(NC(=O)c2c[nH]c3ccccc23)n(-c2ccccc2)n1. The molecule has 0 aliphatic rings. The minimum absolute atomic E-state index is 0.162. The van der Waals surface area contributed by atoms with Crippen LogP contribution in [0.15, 0.2) is 66.9 Å². The van der Waals surface area contributed by atoms with E-state index in [1.807, 2.05) is 67.6 Å². The first-order valence-corrected chi connectivity index (χ1v) is 7.72. The van der Waals surface area contributed by atoms with Gasteiger partial charge in [0.1, 0.15) is 5.82 Å². The summed E-state index contributed by atoms with van der Waals surface area (Å²) in [5, 5.41) is 8.34. The van der Waals surface area contributed by atoms with Crippen molar-refractivity contribution in [2.75, 3.05) is 5.32 Å². The van der Waals surface area contributed by atoms with Gasteiger partial charge in [-0.3, -0.25) is 4.79 Å². The maximum Gasteiger partial charge on any atom is 0.258 e. The molecule has 4 aromatic rings. The van der Waals surface area contributed by atoms with Gasteiger partial charge in [-0.1, -0.05) is 36.4 Å². The van der Waals surface area contributed by atoms with Crippen LogP contribution in [-0.2, 0) is 0 Å². The van der Waals surface area contributed by atoms with E-state index in [2.05, 4.69) is 15.4 Å². The lowest BCUT2D eigenvalue weighted by Gasteiger charge is -2.08. The number of anilines is 1. The van der Waals surface area contributed by atoms with E-state index in [1.165, 1.54) is 0 Å². The van der Waals surface area contributed by atoms with Crippen LogP contribution in [0.3, 0.4) is 0 Å². The summed E-state index contributed by atoms with van der Waals surface area (Å²) in [7, 11) is 0. The summed E-state index contributed by atoms with van der Waals surface area (Å²) in [6.07, 6.45) is 1.73. The summed E-state index contributed by atoms with van der Waals surface area (Å²) in [6.45, 7) is 1.90. The zero-order valence-corrected chi connectivity index (χ0v) is 13.2. The number of hydrogen-bond acceptors (Lipinski definition) is 2. The first-order valence-electron chi connectivity index (χ1n) is 7.72. The molecule has 2 heterocycles. The van der Waals surface area contributed by atoms with Gasteiger partial charge in [-0.2, -0.15) is 5.10 Å². The van der Waals surface area contributed by atoms with Crippen LogP contribution >= 0.6 is 0 Å². The zero-order chi connectivity index (χ0) is 16.5. The van der Waals surface area contributed by atoms with Crippen LogP contribution in [-0.4, -0.2) is 20.7 Å². The summed E-state index contributed by atoms with van der Waals surface area (Å²) in [4.78, 5) is 15.8.